The van der Waals surface area contributed by atoms with Crippen LogP contribution in [0.1, 0.15) is 17.2 Å². The van der Waals surface area contributed by atoms with Crippen molar-refractivity contribution in [1.82, 2.24) is 4.90 Å². The van der Waals surface area contributed by atoms with Crippen LogP contribution in [-0.4, -0.2) is 36.8 Å². The first-order valence-corrected chi connectivity index (χ1v) is 5.20. The summed E-state index contributed by atoms with van der Waals surface area (Å²) in [5.41, 5.74) is 2.11. The summed E-state index contributed by atoms with van der Waals surface area (Å²) in [4.78, 5) is 2.03. The molecule has 0 spiro atoms. The van der Waals surface area contributed by atoms with Crippen LogP contribution in [0.4, 0.5) is 0 Å². The predicted octanol–water partition coefficient (Wildman–Crippen LogP) is 1.18. The van der Waals surface area contributed by atoms with Gasteiger partial charge >= 0.3 is 0 Å². The Labute approximate surface area is 90.3 Å². The molecule has 2 atom stereocenters. The van der Waals surface area contributed by atoms with Gasteiger partial charge in [-0.15, -0.1) is 0 Å². The molecule has 0 fully saturated rings. The highest BCUT2D eigenvalue weighted by molar-refractivity contribution is 5.30. The Morgan fingerprint density at radius 1 is 1.40 bits per heavy atom. The third-order valence-electron chi connectivity index (χ3n) is 2.72. The van der Waals surface area contributed by atoms with Gasteiger partial charge in [-0.3, -0.25) is 0 Å². The molecule has 0 bridgehead atoms. The van der Waals surface area contributed by atoms with E-state index < -0.39 is 6.10 Å². The molecule has 1 aromatic carbocycles. The number of nitrogens with zero attached hydrogens (tertiary/aromatic N) is 1. The minimum atomic E-state index is -0.502. The molecule has 1 aliphatic rings. The van der Waals surface area contributed by atoms with E-state index in [-0.39, 0.29) is 6.10 Å². The number of likely N-dealkylation sites (N-methyl/N-ethyl adjacent to an activating group) is 1. The van der Waals surface area contributed by atoms with Crippen molar-refractivity contribution >= 4 is 0 Å². The quantitative estimate of drug-likeness (QED) is 0.790. The molecule has 0 aliphatic carbocycles. The van der Waals surface area contributed by atoms with Gasteiger partial charge in [-0.25, -0.2) is 0 Å². The van der Waals surface area contributed by atoms with Crippen molar-refractivity contribution in [2.45, 2.75) is 18.8 Å². The van der Waals surface area contributed by atoms with E-state index in [0.29, 0.717) is 6.61 Å². The lowest BCUT2D eigenvalue weighted by Gasteiger charge is -2.32. The third kappa shape index (κ3) is 2.20. The summed E-state index contributed by atoms with van der Waals surface area (Å²) < 4.78 is 5.64. The minimum absolute atomic E-state index is 0.116. The number of benzene rings is 1. The zero-order valence-electron chi connectivity index (χ0n) is 9.18. The average Bonchev–Trinajstić information content (AvgIpc) is 2.22. The van der Waals surface area contributed by atoms with E-state index in [4.69, 9.17) is 4.74 Å². The molecule has 15 heavy (non-hydrogen) atoms. The largest absolute Gasteiger partial charge is 0.386 e. The molecule has 0 amide bonds. The molecule has 3 heteroatoms. The number of aliphatic hydroxyl groups excluding tert-OH is 1. The summed E-state index contributed by atoms with van der Waals surface area (Å²) in [6.07, 6.45) is -0.618. The van der Waals surface area contributed by atoms with Crippen molar-refractivity contribution in [3.63, 3.8) is 0 Å². The summed E-state index contributed by atoms with van der Waals surface area (Å²) in [7, 11) is 3.97. The van der Waals surface area contributed by atoms with E-state index in [0.717, 1.165) is 17.7 Å². The average molecular weight is 207 g/mol. The first-order valence-electron chi connectivity index (χ1n) is 5.20. The molecule has 0 saturated heterocycles. The van der Waals surface area contributed by atoms with Crippen LogP contribution in [0.2, 0.25) is 0 Å². The number of fused-ring (bicyclic) bond motifs is 1. The van der Waals surface area contributed by atoms with Crippen LogP contribution in [0.15, 0.2) is 24.3 Å². The smallest absolute Gasteiger partial charge is 0.107 e. The highest BCUT2D eigenvalue weighted by Crippen LogP contribution is 2.29. The second kappa shape index (κ2) is 4.31. The first-order chi connectivity index (χ1) is 7.18. The van der Waals surface area contributed by atoms with Gasteiger partial charge in [-0.1, -0.05) is 24.3 Å². The van der Waals surface area contributed by atoms with Crippen molar-refractivity contribution in [1.29, 1.82) is 0 Å². The Morgan fingerprint density at radius 2 is 2.13 bits per heavy atom. The molecule has 2 unspecified atom stereocenters. The van der Waals surface area contributed by atoms with Gasteiger partial charge in [0.1, 0.15) is 12.2 Å². The summed E-state index contributed by atoms with van der Waals surface area (Å²) in [6.45, 7) is 1.35. The van der Waals surface area contributed by atoms with Crippen LogP contribution in [0.25, 0.3) is 0 Å². The molecule has 1 N–H and O–H groups in total. The summed E-state index contributed by atoms with van der Waals surface area (Å²) >= 11 is 0. The number of hydrogen-bond donors (Lipinski definition) is 1. The fourth-order valence-electron chi connectivity index (χ4n) is 1.95. The van der Waals surface area contributed by atoms with Gasteiger partial charge in [0.2, 0.25) is 0 Å². The van der Waals surface area contributed by atoms with E-state index >= 15 is 0 Å². The molecule has 1 aliphatic heterocycles. The Kier molecular flexibility index (Phi) is 3.05. The van der Waals surface area contributed by atoms with Crippen molar-refractivity contribution in [2.75, 3.05) is 20.6 Å². The molecule has 1 heterocycles. The van der Waals surface area contributed by atoms with E-state index in [1.807, 2.05) is 43.3 Å². The summed E-state index contributed by atoms with van der Waals surface area (Å²) in [5.74, 6) is 0. The molecule has 3 nitrogen and oxygen atoms in total. The van der Waals surface area contributed by atoms with Crippen molar-refractivity contribution in [3.8, 4) is 0 Å². The SMILES string of the molecule is CN(C)CC1OCc2ccccc2C1O. The molecule has 82 valence electrons. The van der Waals surface area contributed by atoms with E-state index in [1.165, 1.54) is 0 Å². The topological polar surface area (TPSA) is 32.7 Å². The monoisotopic (exact) mass is 207 g/mol. The standard InChI is InChI=1S/C12H17NO2/c1-13(2)7-11-12(14)10-6-4-3-5-9(10)8-15-11/h3-6,11-12,14H,7-8H2,1-2H3. The zero-order valence-corrected chi connectivity index (χ0v) is 9.18. The molecular formula is C12H17NO2. The van der Waals surface area contributed by atoms with Gasteiger partial charge in [0.15, 0.2) is 0 Å². The highest BCUT2D eigenvalue weighted by Gasteiger charge is 2.28. The van der Waals surface area contributed by atoms with Crippen LogP contribution in [-0.2, 0) is 11.3 Å². The Balaban J connectivity index is 2.18. The molecule has 0 radical (unpaired) electrons. The fraction of sp³-hybridized carbons (Fsp3) is 0.500. The highest BCUT2D eigenvalue weighted by atomic mass is 16.5. The maximum absolute atomic E-state index is 10.1. The lowest BCUT2D eigenvalue weighted by molar-refractivity contribution is -0.0720. The second-order valence-electron chi connectivity index (χ2n) is 4.26. The van der Waals surface area contributed by atoms with Crippen LogP contribution >= 0.6 is 0 Å². The molecule has 0 saturated carbocycles. The maximum Gasteiger partial charge on any atom is 0.107 e. The lowest BCUT2D eigenvalue weighted by atomic mass is 9.96. The van der Waals surface area contributed by atoms with Crippen molar-refractivity contribution in [2.24, 2.45) is 0 Å². The van der Waals surface area contributed by atoms with Gasteiger partial charge in [0.25, 0.3) is 0 Å². The Hall–Kier alpha value is -0.900. The second-order valence-corrected chi connectivity index (χ2v) is 4.26. The molecule has 0 aromatic heterocycles. The van der Waals surface area contributed by atoms with Gasteiger partial charge in [-0.05, 0) is 25.2 Å². The molecular weight excluding hydrogens is 190 g/mol. The number of ether oxygens (including phenoxy) is 1. The normalized spacial score (nSPS) is 25.3. The Morgan fingerprint density at radius 3 is 2.87 bits per heavy atom. The number of rotatable bonds is 2. The molecule has 2 rings (SSSR count). The van der Waals surface area contributed by atoms with Gasteiger partial charge in [-0.2, -0.15) is 0 Å². The van der Waals surface area contributed by atoms with E-state index in [9.17, 15) is 5.11 Å². The van der Waals surface area contributed by atoms with Crippen LogP contribution in [0, 0.1) is 0 Å². The minimum Gasteiger partial charge on any atom is -0.386 e. The predicted molar refractivity (Wildman–Crippen MR) is 58.5 cm³/mol. The third-order valence-corrected chi connectivity index (χ3v) is 2.72. The van der Waals surface area contributed by atoms with Gasteiger partial charge in [0, 0.05) is 6.54 Å². The Bertz CT molecular complexity index is 338. The van der Waals surface area contributed by atoms with Gasteiger partial charge < -0.3 is 14.7 Å². The zero-order chi connectivity index (χ0) is 10.8. The van der Waals surface area contributed by atoms with Gasteiger partial charge in [0.05, 0.1) is 6.61 Å². The number of aliphatic hydroxyl groups is 1. The van der Waals surface area contributed by atoms with Crippen LogP contribution in [0.5, 0.6) is 0 Å². The molecule has 1 aromatic rings. The van der Waals surface area contributed by atoms with Crippen LogP contribution < -0.4 is 0 Å². The van der Waals surface area contributed by atoms with E-state index in [1.54, 1.807) is 0 Å². The van der Waals surface area contributed by atoms with E-state index in [2.05, 4.69) is 0 Å². The van der Waals surface area contributed by atoms with Crippen molar-refractivity contribution in [3.05, 3.63) is 35.4 Å². The maximum atomic E-state index is 10.1. The first kappa shape index (κ1) is 10.6. The summed E-state index contributed by atoms with van der Waals surface area (Å²) in [5, 5.41) is 10.1. The fourth-order valence-corrected chi connectivity index (χ4v) is 1.95. The number of hydrogen-bond acceptors (Lipinski definition) is 3. The summed E-state index contributed by atoms with van der Waals surface area (Å²) in [6, 6.07) is 7.91. The van der Waals surface area contributed by atoms with Crippen LogP contribution in [0.3, 0.4) is 0 Å². The lowest BCUT2D eigenvalue weighted by Crippen LogP contribution is -2.36. The van der Waals surface area contributed by atoms with Crippen molar-refractivity contribution < 1.29 is 9.84 Å².